The fourth-order valence-electron chi connectivity index (χ4n) is 3.83. The Hall–Kier alpha value is -0.950. The average molecular weight is 429 g/mol. The highest BCUT2D eigenvalue weighted by atomic mass is 16.7. The summed E-state index contributed by atoms with van der Waals surface area (Å²) >= 11 is 0. The van der Waals surface area contributed by atoms with Crippen LogP contribution in [-0.2, 0) is 14.3 Å². The third kappa shape index (κ3) is 13.4. The van der Waals surface area contributed by atoms with Crippen molar-refractivity contribution in [1.82, 2.24) is 0 Å². The standard InChI is InChI=1S/C24H44O6/c1-19(29-24-22(26)18-21(25)20(2)30-24)16-14-12-10-8-6-4-3-5-7-9-11-13-15-17-23(27)28/h15,17,19-22,24-26H,3-14,16,18H2,1-2H3,(H,27,28). The van der Waals surface area contributed by atoms with Crippen LogP contribution in [0, 0.1) is 0 Å². The van der Waals surface area contributed by atoms with Crippen molar-refractivity contribution in [2.45, 2.75) is 134 Å². The van der Waals surface area contributed by atoms with Gasteiger partial charge >= 0.3 is 5.97 Å². The normalized spacial score (nSPS) is 25.6. The second-order valence-electron chi connectivity index (χ2n) is 8.73. The quantitative estimate of drug-likeness (QED) is 0.224. The average Bonchev–Trinajstić information content (AvgIpc) is 2.68. The number of aliphatic carboxylic acids is 1. The van der Waals surface area contributed by atoms with Crippen molar-refractivity contribution in [2.75, 3.05) is 0 Å². The number of hydrogen-bond acceptors (Lipinski definition) is 5. The van der Waals surface area contributed by atoms with Crippen molar-refractivity contribution in [2.24, 2.45) is 0 Å². The maximum Gasteiger partial charge on any atom is 0.327 e. The molecule has 0 saturated carbocycles. The largest absolute Gasteiger partial charge is 0.478 e. The molecule has 1 heterocycles. The first-order valence-corrected chi connectivity index (χ1v) is 12.0. The molecule has 176 valence electrons. The van der Waals surface area contributed by atoms with Crippen LogP contribution in [0.3, 0.4) is 0 Å². The van der Waals surface area contributed by atoms with E-state index in [-0.39, 0.29) is 12.2 Å². The molecule has 0 spiro atoms. The summed E-state index contributed by atoms with van der Waals surface area (Å²) in [6.45, 7) is 3.83. The van der Waals surface area contributed by atoms with Gasteiger partial charge in [-0.05, 0) is 33.1 Å². The predicted molar refractivity (Wildman–Crippen MR) is 118 cm³/mol. The van der Waals surface area contributed by atoms with Gasteiger partial charge in [-0.2, -0.15) is 0 Å². The number of hydrogen-bond donors (Lipinski definition) is 3. The van der Waals surface area contributed by atoms with Crippen LogP contribution in [0.4, 0.5) is 0 Å². The molecule has 0 aromatic carbocycles. The topological polar surface area (TPSA) is 96.2 Å². The van der Waals surface area contributed by atoms with Crippen molar-refractivity contribution in [1.29, 1.82) is 0 Å². The van der Waals surface area contributed by atoms with Gasteiger partial charge in [0.25, 0.3) is 0 Å². The van der Waals surface area contributed by atoms with Gasteiger partial charge in [0.1, 0.15) is 6.10 Å². The van der Waals surface area contributed by atoms with E-state index in [0.717, 1.165) is 25.7 Å². The van der Waals surface area contributed by atoms with Crippen molar-refractivity contribution in [3.05, 3.63) is 12.2 Å². The summed E-state index contributed by atoms with van der Waals surface area (Å²) < 4.78 is 11.4. The first-order valence-electron chi connectivity index (χ1n) is 12.0. The zero-order chi connectivity index (χ0) is 22.2. The van der Waals surface area contributed by atoms with Crippen LogP contribution in [-0.4, -0.2) is 52.0 Å². The van der Waals surface area contributed by atoms with Gasteiger partial charge in [0.05, 0.1) is 18.3 Å². The molecule has 5 unspecified atom stereocenters. The van der Waals surface area contributed by atoms with Gasteiger partial charge in [-0.3, -0.25) is 0 Å². The molecule has 0 radical (unpaired) electrons. The maximum absolute atomic E-state index is 10.3. The van der Waals surface area contributed by atoms with Crippen molar-refractivity contribution in [3.63, 3.8) is 0 Å². The molecule has 6 nitrogen and oxygen atoms in total. The Morgan fingerprint density at radius 2 is 1.50 bits per heavy atom. The van der Waals surface area contributed by atoms with E-state index in [9.17, 15) is 15.0 Å². The molecule has 0 aliphatic carbocycles. The third-order valence-electron chi connectivity index (χ3n) is 5.80. The molecular formula is C24H44O6. The molecule has 1 saturated heterocycles. The Kier molecular flexibility index (Phi) is 15.1. The van der Waals surface area contributed by atoms with Crippen LogP contribution in [0.25, 0.3) is 0 Å². The highest BCUT2D eigenvalue weighted by molar-refractivity contribution is 5.79. The van der Waals surface area contributed by atoms with Crippen LogP contribution in [0.15, 0.2) is 12.2 Å². The summed E-state index contributed by atoms with van der Waals surface area (Å²) in [5.74, 6) is -0.858. The number of aliphatic hydroxyl groups excluding tert-OH is 2. The lowest BCUT2D eigenvalue weighted by molar-refractivity contribution is -0.273. The summed E-state index contributed by atoms with van der Waals surface area (Å²) in [5.41, 5.74) is 0. The lowest BCUT2D eigenvalue weighted by Gasteiger charge is -2.36. The number of rotatable bonds is 17. The zero-order valence-electron chi connectivity index (χ0n) is 19.0. The number of allylic oxidation sites excluding steroid dienone is 1. The summed E-state index contributed by atoms with van der Waals surface area (Å²) in [6.07, 6.45) is 16.4. The molecule has 0 aromatic heterocycles. The number of unbranched alkanes of at least 4 members (excludes halogenated alkanes) is 11. The molecule has 1 aliphatic rings. The lowest BCUT2D eigenvalue weighted by Crippen LogP contribution is -2.48. The molecule has 0 amide bonds. The molecular weight excluding hydrogens is 384 g/mol. The molecule has 6 heteroatoms. The highest BCUT2D eigenvalue weighted by Gasteiger charge is 2.35. The Balaban J connectivity index is 1.86. The van der Waals surface area contributed by atoms with Crippen LogP contribution in [0.5, 0.6) is 0 Å². The molecule has 0 aromatic rings. The fourth-order valence-corrected chi connectivity index (χ4v) is 3.83. The maximum atomic E-state index is 10.3. The second-order valence-corrected chi connectivity index (χ2v) is 8.73. The van der Waals surface area contributed by atoms with Crippen LogP contribution < -0.4 is 0 Å². The smallest absolute Gasteiger partial charge is 0.327 e. The second kappa shape index (κ2) is 16.7. The van der Waals surface area contributed by atoms with Gasteiger partial charge in [-0.1, -0.05) is 70.3 Å². The van der Waals surface area contributed by atoms with E-state index >= 15 is 0 Å². The first-order chi connectivity index (χ1) is 14.4. The van der Waals surface area contributed by atoms with Crippen molar-refractivity contribution < 1.29 is 29.6 Å². The van der Waals surface area contributed by atoms with E-state index in [1.54, 1.807) is 13.0 Å². The highest BCUT2D eigenvalue weighted by Crippen LogP contribution is 2.23. The van der Waals surface area contributed by atoms with Gasteiger partial charge in [-0.25, -0.2) is 4.79 Å². The van der Waals surface area contributed by atoms with E-state index < -0.39 is 24.5 Å². The van der Waals surface area contributed by atoms with Crippen molar-refractivity contribution in [3.8, 4) is 0 Å². The van der Waals surface area contributed by atoms with Crippen LogP contribution >= 0.6 is 0 Å². The number of carboxylic acid groups (broad SMARTS) is 1. The fraction of sp³-hybridized carbons (Fsp3) is 0.875. The number of carbonyl (C=O) groups is 1. The van der Waals surface area contributed by atoms with Gasteiger partial charge in [0.15, 0.2) is 6.29 Å². The Morgan fingerprint density at radius 3 is 2.07 bits per heavy atom. The molecule has 3 N–H and O–H groups in total. The van der Waals surface area contributed by atoms with Crippen molar-refractivity contribution >= 4 is 5.97 Å². The summed E-state index contributed by atoms with van der Waals surface area (Å²) in [4.78, 5) is 10.3. The minimum atomic E-state index is -0.858. The Labute approximate surface area is 182 Å². The molecule has 1 fully saturated rings. The predicted octanol–water partition coefficient (Wildman–Crippen LogP) is 4.96. The molecule has 30 heavy (non-hydrogen) atoms. The van der Waals surface area contributed by atoms with E-state index in [4.69, 9.17) is 14.6 Å². The first kappa shape index (κ1) is 27.1. The molecule has 0 bridgehead atoms. The SMILES string of the molecule is CC(CCCCCCCCCCCCCC=CC(=O)O)OC1OC(C)C(O)CC1O. The van der Waals surface area contributed by atoms with Gasteiger partial charge < -0.3 is 24.8 Å². The Bertz CT molecular complexity index is 467. The molecule has 5 atom stereocenters. The van der Waals surface area contributed by atoms with E-state index in [1.165, 1.54) is 63.9 Å². The lowest BCUT2D eigenvalue weighted by atomic mass is 10.0. The monoisotopic (exact) mass is 428 g/mol. The third-order valence-corrected chi connectivity index (χ3v) is 5.80. The van der Waals surface area contributed by atoms with Gasteiger partial charge in [-0.15, -0.1) is 0 Å². The summed E-state index contributed by atoms with van der Waals surface area (Å²) in [5, 5.41) is 28.2. The zero-order valence-corrected chi connectivity index (χ0v) is 19.0. The number of aliphatic hydroxyl groups is 2. The minimum absolute atomic E-state index is 0.0479. The Morgan fingerprint density at radius 1 is 0.967 bits per heavy atom. The molecule has 1 aliphatic heterocycles. The van der Waals surface area contributed by atoms with Gasteiger partial charge in [0.2, 0.25) is 0 Å². The van der Waals surface area contributed by atoms with Crippen LogP contribution in [0.2, 0.25) is 0 Å². The minimum Gasteiger partial charge on any atom is -0.478 e. The number of ether oxygens (including phenoxy) is 2. The van der Waals surface area contributed by atoms with Crippen LogP contribution in [0.1, 0.15) is 104 Å². The van der Waals surface area contributed by atoms with E-state index in [0.29, 0.717) is 6.42 Å². The summed E-state index contributed by atoms with van der Waals surface area (Å²) in [6, 6.07) is 0. The molecule has 1 rings (SSSR count). The van der Waals surface area contributed by atoms with E-state index in [1.807, 2.05) is 6.92 Å². The number of carboxylic acids is 1. The van der Waals surface area contributed by atoms with E-state index in [2.05, 4.69) is 0 Å². The van der Waals surface area contributed by atoms with Gasteiger partial charge in [0, 0.05) is 12.5 Å². The summed E-state index contributed by atoms with van der Waals surface area (Å²) in [7, 11) is 0.